The molecule has 0 spiro atoms. The van der Waals surface area contributed by atoms with Gasteiger partial charge in [-0.05, 0) is 30.7 Å². The van der Waals surface area contributed by atoms with Crippen molar-refractivity contribution in [1.29, 1.82) is 0 Å². The Morgan fingerprint density at radius 3 is 2.85 bits per heavy atom. The Kier molecular flexibility index (Phi) is 3.32. The molecule has 0 saturated heterocycles. The molecule has 0 atom stereocenters. The summed E-state index contributed by atoms with van der Waals surface area (Å²) in [5, 5.41) is 0.361. The fraction of sp³-hybridized carbons (Fsp3) is 0.200. The first kappa shape index (κ1) is 10.1. The van der Waals surface area contributed by atoms with Crippen LogP contribution in [-0.4, -0.2) is 6.61 Å². The van der Waals surface area contributed by atoms with Crippen LogP contribution in [0.15, 0.2) is 30.4 Å². The van der Waals surface area contributed by atoms with E-state index in [1.807, 2.05) is 6.92 Å². The van der Waals surface area contributed by atoms with Crippen LogP contribution < -0.4 is 4.74 Å². The molecule has 0 amide bonds. The zero-order valence-corrected chi connectivity index (χ0v) is 8.07. The molecule has 1 rings (SSSR count). The van der Waals surface area contributed by atoms with E-state index in [1.165, 1.54) is 12.1 Å². The molecule has 0 aliphatic rings. The highest BCUT2D eigenvalue weighted by molar-refractivity contribution is 6.30. The topological polar surface area (TPSA) is 9.23 Å². The monoisotopic (exact) mass is 200 g/mol. The van der Waals surface area contributed by atoms with Gasteiger partial charge in [-0.25, -0.2) is 4.39 Å². The highest BCUT2D eigenvalue weighted by atomic mass is 35.5. The summed E-state index contributed by atoms with van der Waals surface area (Å²) < 4.78 is 18.2. The number of rotatable bonds is 3. The molecule has 0 aliphatic carbocycles. The van der Waals surface area contributed by atoms with E-state index >= 15 is 0 Å². The van der Waals surface area contributed by atoms with Crippen LogP contribution in [0.4, 0.5) is 4.39 Å². The van der Waals surface area contributed by atoms with Crippen LogP contribution in [0.3, 0.4) is 0 Å². The normalized spacial score (nSPS) is 9.77. The average molecular weight is 201 g/mol. The summed E-state index contributed by atoms with van der Waals surface area (Å²) in [5.41, 5.74) is 0.842. The summed E-state index contributed by atoms with van der Waals surface area (Å²) in [6, 6.07) is 4.30. The van der Waals surface area contributed by atoms with E-state index in [0.29, 0.717) is 11.6 Å². The van der Waals surface area contributed by atoms with Crippen LogP contribution in [0, 0.1) is 5.82 Å². The minimum Gasteiger partial charge on any atom is -0.486 e. The third kappa shape index (κ3) is 3.07. The van der Waals surface area contributed by atoms with E-state index in [2.05, 4.69) is 6.58 Å². The highest BCUT2D eigenvalue weighted by Gasteiger charge is 2.03. The van der Waals surface area contributed by atoms with Gasteiger partial charge in [0, 0.05) is 5.02 Å². The van der Waals surface area contributed by atoms with Gasteiger partial charge in [0.15, 0.2) is 11.6 Å². The standard InChI is InChI=1S/C10H10ClFO/c1-7(2)6-13-10-4-3-8(11)5-9(10)12/h3-5H,1,6H2,2H3. The van der Waals surface area contributed by atoms with E-state index in [0.717, 1.165) is 5.57 Å². The Balaban J connectivity index is 2.72. The second-order valence-electron chi connectivity index (χ2n) is 2.82. The molecule has 0 aliphatic heterocycles. The minimum absolute atomic E-state index is 0.201. The maximum Gasteiger partial charge on any atom is 0.166 e. The first-order valence-electron chi connectivity index (χ1n) is 3.82. The number of benzene rings is 1. The van der Waals surface area contributed by atoms with Gasteiger partial charge < -0.3 is 4.74 Å². The van der Waals surface area contributed by atoms with Gasteiger partial charge in [0.1, 0.15) is 6.61 Å². The van der Waals surface area contributed by atoms with Crippen LogP contribution in [-0.2, 0) is 0 Å². The molecule has 13 heavy (non-hydrogen) atoms. The van der Waals surface area contributed by atoms with Gasteiger partial charge in [-0.15, -0.1) is 0 Å². The Bertz CT molecular complexity index is 323. The molecule has 1 nitrogen and oxygen atoms in total. The average Bonchev–Trinajstić information content (AvgIpc) is 2.02. The maximum absolute atomic E-state index is 13.1. The van der Waals surface area contributed by atoms with Crippen LogP contribution in [0.2, 0.25) is 5.02 Å². The Hall–Kier alpha value is -1.02. The van der Waals surface area contributed by atoms with Gasteiger partial charge in [0.2, 0.25) is 0 Å². The summed E-state index contributed by atoms with van der Waals surface area (Å²) in [6.07, 6.45) is 0. The van der Waals surface area contributed by atoms with Crippen molar-refractivity contribution in [3.05, 3.63) is 41.2 Å². The van der Waals surface area contributed by atoms with Crippen LogP contribution in [0.25, 0.3) is 0 Å². The van der Waals surface area contributed by atoms with Crippen molar-refractivity contribution in [1.82, 2.24) is 0 Å². The number of ether oxygens (including phenoxy) is 1. The lowest BCUT2D eigenvalue weighted by atomic mass is 10.3. The third-order valence-corrected chi connectivity index (χ3v) is 1.60. The van der Waals surface area contributed by atoms with Crippen molar-refractivity contribution in [2.45, 2.75) is 6.92 Å². The number of hydrogen-bond acceptors (Lipinski definition) is 1. The fourth-order valence-electron chi connectivity index (χ4n) is 0.793. The Labute approximate surface area is 81.8 Å². The zero-order chi connectivity index (χ0) is 9.84. The van der Waals surface area contributed by atoms with Crippen LogP contribution in [0.5, 0.6) is 5.75 Å². The summed E-state index contributed by atoms with van der Waals surface area (Å²) in [4.78, 5) is 0. The molecule has 0 saturated carbocycles. The molecule has 0 fully saturated rings. The number of hydrogen-bond donors (Lipinski definition) is 0. The van der Waals surface area contributed by atoms with Gasteiger partial charge >= 0.3 is 0 Å². The molecule has 1 aromatic rings. The molecule has 3 heteroatoms. The van der Waals surface area contributed by atoms with E-state index in [4.69, 9.17) is 16.3 Å². The second kappa shape index (κ2) is 4.28. The smallest absolute Gasteiger partial charge is 0.166 e. The first-order valence-corrected chi connectivity index (χ1v) is 4.19. The lowest BCUT2D eigenvalue weighted by molar-refractivity contribution is 0.333. The molecular formula is C10H10ClFO. The van der Waals surface area contributed by atoms with Crippen molar-refractivity contribution in [2.24, 2.45) is 0 Å². The SMILES string of the molecule is C=C(C)COc1ccc(Cl)cc1F. The zero-order valence-electron chi connectivity index (χ0n) is 7.31. The van der Waals surface area contributed by atoms with E-state index < -0.39 is 5.82 Å². The number of halogens is 2. The predicted octanol–water partition coefficient (Wildman–Crippen LogP) is 3.43. The maximum atomic E-state index is 13.1. The Morgan fingerprint density at radius 2 is 2.31 bits per heavy atom. The summed E-state index contributed by atoms with van der Waals surface area (Å²) >= 11 is 5.57. The molecule has 1 aromatic carbocycles. The molecule has 70 valence electrons. The van der Waals surface area contributed by atoms with Crippen molar-refractivity contribution >= 4 is 11.6 Å². The molecule has 0 unspecified atom stereocenters. The molecule has 0 N–H and O–H groups in total. The minimum atomic E-state index is -0.450. The molecule has 0 bridgehead atoms. The van der Waals surface area contributed by atoms with Crippen LogP contribution >= 0.6 is 11.6 Å². The first-order chi connectivity index (χ1) is 6.09. The molecular weight excluding hydrogens is 191 g/mol. The highest BCUT2D eigenvalue weighted by Crippen LogP contribution is 2.21. The summed E-state index contributed by atoms with van der Waals surface area (Å²) in [7, 11) is 0. The van der Waals surface area contributed by atoms with E-state index in [1.54, 1.807) is 6.07 Å². The third-order valence-electron chi connectivity index (χ3n) is 1.37. The quantitative estimate of drug-likeness (QED) is 0.680. The summed E-state index contributed by atoms with van der Waals surface area (Å²) in [6.45, 7) is 5.78. The fourth-order valence-corrected chi connectivity index (χ4v) is 0.952. The summed E-state index contributed by atoms with van der Waals surface area (Å²) in [5.74, 6) is -0.249. The largest absolute Gasteiger partial charge is 0.486 e. The lowest BCUT2D eigenvalue weighted by Crippen LogP contribution is -1.99. The Morgan fingerprint density at radius 1 is 1.62 bits per heavy atom. The van der Waals surface area contributed by atoms with Crippen molar-refractivity contribution in [3.63, 3.8) is 0 Å². The molecule has 0 aromatic heterocycles. The second-order valence-corrected chi connectivity index (χ2v) is 3.26. The molecule has 0 heterocycles. The predicted molar refractivity (Wildman–Crippen MR) is 51.7 cm³/mol. The van der Waals surface area contributed by atoms with E-state index in [-0.39, 0.29) is 5.75 Å². The van der Waals surface area contributed by atoms with Gasteiger partial charge in [-0.2, -0.15) is 0 Å². The van der Waals surface area contributed by atoms with Crippen LogP contribution in [0.1, 0.15) is 6.92 Å². The lowest BCUT2D eigenvalue weighted by Gasteiger charge is -2.06. The van der Waals surface area contributed by atoms with Gasteiger partial charge in [-0.1, -0.05) is 18.2 Å². The van der Waals surface area contributed by atoms with Gasteiger partial charge in [-0.3, -0.25) is 0 Å². The van der Waals surface area contributed by atoms with Gasteiger partial charge in [0.05, 0.1) is 0 Å². The van der Waals surface area contributed by atoms with Crippen molar-refractivity contribution in [3.8, 4) is 5.75 Å². The van der Waals surface area contributed by atoms with E-state index in [9.17, 15) is 4.39 Å². The van der Waals surface area contributed by atoms with Crippen molar-refractivity contribution in [2.75, 3.05) is 6.61 Å². The van der Waals surface area contributed by atoms with Crippen molar-refractivity contribution < 1.29 is 9.13 Å². The van der Waals surface area contributed by atoms with Gasteiger partial charge in [0.25, 0.3) is 0 Å². The molecule has 0 radical (unpaired) electrons.